The van der Waals surface area contributed by atoms with Crippen LogP contribution in [0.2, 0.25) is 0 Å². The van der Waals surface area contributed by atoms with E-state index in [0.29, 0.717) is 11.3 Å². The van der Waals surface area contributed by atoms with E-state index in [1.165, 1.54) is 0 Å². The monoisotopic (exact) mass is 488 g/mol. The summed E-state index contributed by atoms with van der Waals surface area (Å²) in [6.45, 7) is 1.74. The highest BCUT2D eigenvalue weighted by molar-refractivity contribution is 14.1. The highest BCUT2D eigenvalue weighted by Crippen LogP contribution is 2.21. The molecule has 0 aliphatic rings. The zero-order valence-electron chi connectivity index (χ0n) is 12.2. The number of amides is 2. The maximum absolute atomic E-state index is 11.9. The number of rotatable bonds is 4. The largest absolute Gasteiger partial charge is 0.484 e. The fourth-order valence-electron chi connectivity index (χ4n) is 1.73. The normalized spacial score (nSPS) is 10.0. The van der Waals surface area contributed by atoms with Gasteiger partial charge in [-0.25, -0.2) is 0 Å². The molecule has 0 aliphatic heterocycles. The summed E-state index contributed by atoms with van der Waals surface area (Å²) >= 11 is 5.46. The number of benzene rings is 2. The Hall–Kier alpha value is -1.61. The van der Waals surface area contributed by atoms with E-state index >= 15 is 0 Å². The Morgan fingerprint density at radius 3 is 2.61 bits per heavy atom. The third-order valence-electron chi connectivity index (χ3n) is 2.93. The van der Waals surface area contributed by atoms with Crippen LogP contribution in [0.15, 0.2) is 46.9 Å². The predicted octanol–water partition coefficient (Wildman–Crippen LogP) is 3.20. The second-order valence-electron chi connectivity index (χ2n) is 4.68. The number of aryl methyl sites for hydroxylation is 1. The molecule has 0 bridgehead atoms. The van der Waals surface area contributed by atoms with Gasteiger partial charge in [0.1, 0.15) is 5.75 Å². The van der Waals surface area contributed by atoms with Crippen molar-refractivity contribution in [2.75, 3.05) is 6.61 Å². The van der Waals surface area contributed by atoms with Gasteiger partial charge in [0.15, 0.2) is 6.61 Å². The molecule has 0 unspecified atom stereocenters. The molecule has 0 aromatic heterocycles. The van der Waals surface area contributed by atoms with Crippen LogP contribution in [-0.4, -0.2) is 18.4 Å². The highest BCUT2D eigenvalue weighted by Gasteiger charge is 2.10. The third kappa shape index (κ3) is 5.21. The molecule has 0 saturated heterocycles. The Kier molecular flexibility index (Phi) is 6.40. The summed E-state index contributed by atoms with van der Waals surface area (Å²) in [6.07, 6.45) is 0. The molecule has 2 aromatic carbocycles. The summed E-state index contributed by atoms with van der Waals surface area (Å²) in [6, 6.07) is 12.5. The Bertz CT molecular complexity index is 737. The Morgan fingerprint density at radius 1 is 1.17 bits per heavy atom. The van der Waals surface area contributed by atoms with E-state index in [4.69, 9.17) is 4.74 Å². The van der Waals surface area contributed by atoms with Gasteiger partial charge in [-0.1, -0.05) is 28.1 Å². The molecule has 0 radical (unpaired) electrons. The van der Waals surface area contributed by atoms with E-state index in [0.717, 1.165) is 13.6 Å². The molecular weight excluding hydrogens is 475 g/mol. The van der Waals surface area contributed by atoms with Gasteiger partial charge in [-0.05, 0) is 65.4 Å². The second kappa shape index (κ2) is 8.30. The van der Waals surface area contributed by atoms with Crippen molar-refractivity contribution in [2.24, 2.45) is 0 Å². The minimum Gasteiger partial charge on any atom is -0.484 e. The molecular formula is C16H14BrIN2O3. The van der Waals surface area contributed by atoms with Crippen LogP contribution in [0.25, 0.3) is 0 Å². The van der Waals surface area contributed by atoms with Gasteiger partial charge < -0.3 is 4.74 Å². The van der Waals surface area contributed by atoms with Crippen LogP contribution in [-0.2, 0) is 4.79 Å². The number of halogens is 2. The molecule has 5 nitrogen and oxygen atoms in total. The maximum Gasteiger partial charge on any atom is 0.276 e. The van der Waals surface area contributed by atoms with Gasteiger partial charge in [0.2, 0.25) is 0 Å². The topological polar surface area (TPSA) is 67.4 Å². The Labute approximate surface area is 156 Å². The zero-order valence-corrected chi connectivity index (χ0v) is 16.0. The molecule has 0 heterocycles. The molecule has 23 heavy (non-hydrogen) atoms. The van der Waals surface area contributed by atoms with Crippen molar-refractivity contribution in [1.82, 2.24) is 10.9 Å². The van der Waals surface area contributed by atoms with Crippen molar-refractivity contribution >= 4 is 50.3 Å². The summed E-state index contributed by atoms with van der Waals surface area (Å²) < 4.78 is 7.16. The summed E-state index contributed by atoms with van der Waals surface area (Å²) in [5, 5.41) is 0. The minimum absolute atomic E-state index is 0.187. The Balaban J connectivity index is 1.82. The molecule has 2 N–H and O–H groups in total. The molecule has 2 amide bonds. The van der Waals surface area contributed by atoms with Gasteiger partial charge in [-0.2, -0.15) is 0 Å². The van der Waals surface area contributed by atoms with Crippen LogP contribution in [0.4, 0.5) is 0 Å². The van der Waals surface area contributed by atoms with Crippen molar-refractivity contribution < 1.29 is 14.3 Å². The zero-order chi connectivity index (χ0) is 16.8. The van der Waals surface area contributed by atoms with Crippen molar-refractivity contribution in [3.63, 3.8) is 0 Å². The van der Waals surface area contributed by atoms with Crippen molar-refractivity contribution in [3.8, 4) is 5.75 Å². The van der Waals surface area contributed by atoms with E-state index in [1.54, 1.807) is 18.2 Å². The summed E-state index contributed by atoms with van der Waals surface area (Å²) in [7, 11) is 0. The smallest absolute Gasteiger partial charge is 0.276 e. The van der Waals surface area contributed by atoms with Crippen LogP contribution < -0.4 is 15.6 Å². The number of nitrogens with one attached hydrogen (secondary N) is 2. The average Bonchev–Trinajstić information content (AvgIpc) is 2.54. The van der Waals surface area contributed by atoms with Crippen molar-refractivity contribution in [2.45, 2.75) is 6.92 Å². The predicted molar refractivity (Wildman–Crippen MR) is 99.1 cm³/mol. The van der Waals surface area contributed by atoms with Crippen LogP contribution in [0.5, 0.6) is 5.75 Å². The van der Waals surface area contributed by atoms with Crippen LogP contribution in [0.3, 0.4) is 0 Å². The van der Waals surface area contributed by atoms with Gasteiger partial charge >= 0.3 is 0 Å². The van der Waals surface area contributed by atoms with E-state index in [9.17, 15) is 9.59 Å². The van der Waals surface area contributed by atoms with Crippen molar-refractivity contribution in [1.29, 1.82) is 0 Å². The van der Waals surface area contributed by atoms with E-state index in [-0.39, 0.29) is 12.5 Å². The van der Waals surface area contributed by atoms with E-state index in [2.05, 4.69) is 49.4 Å². The molecule has 7 heteroatoms. The Morgan fingerprint density at radius 2 is 1.91 bits per heavy atom. The SMILES string of the molecule is Cc1cc(OCC(=O)NNC(=O)c2ccccc2I)ccc1Br. The molecule has 0 atom stereocenters. The van der Waals surface area contributed by atoms with Crippen LogP contribution in [0.1, 0.15) is 15.9 Å². The fourth-order valence-corrected chi connectivity index (χ4v) is 2.61. The molecule has 0 aliphatic carbocycles. The maximum atomic E-state index is 11.9. The van der Waals surface area contributed by atoms with E-state index < -0.39 is 5.91 Å². The van der Waals surface area contributed by atoms with Gasteiger partial charge in [0, 0.05) is 8.04 Å². The molecule has 0 saturated carbocycles. The van der Waals surface area contributed by atoms with Crippen LogP contribution >= 0.6 is 38.5 Å². The van der Waals surface area contributed by atoms with E-state index in [1.807, 2.05) is 31.2 Å². The second-order valence-corrected chi connectivity index (χ2v) is 6.70. The molecule has 0 fully saturated rings. The summed E-state index contributed by atoms with van der Waals surface area (Å²) in [4.78, 5) is 23.7. The first kappa shape index (κ1) is 17.7. The number of hydrogen-bond donors (Lipinski definition) is 2. The lowest BCUT2D eigenvalue weighted by molar-refractivity contribution is -0.123. The third-order valence-corrected chi connectivity index (χ3v) is 4.76. The highest BCUT2D eigenvalue weighted by atomic mass is 127. The minimum atomic E-state index is -0.440. The number of ether oxygens (including phenoxy) is 1. The molecule has 120 valence electrons. The number of hydrazine groups is 1. The molecule has 2 rings (SSSR count). The first-order chi connectivity index (χ1) is 11.0. The fraction of sp³-hybridized carbons (Fsp3) is 0.125. The number of hydrogen-bond acceptors (Lipinski definition) is 3. The number of carbonyl (C=O) groups excluding carboxylic acids is 2. The first-order valence-corrected chi connectivity index (χ1v) is 8.57. The molecule has 0 spiro atoms. The quantitative estimate of drug-likeness (QED) is 0.513. The van der Waals surface area contributed by atoms with Gasteiger partial charge in [0.25, 0.3) is 11.8 Å². The molecule has 2 aromatic rings. The summed E-state index contributed by atoms with van der Waals surface area (Å²) in [5.41, 5.74) is 6.20. The standard InChI is InChI=1S/C16H14BrIN2O3/c1-10-8-11(6-7-13(10)17)23-9-15(21)19-20-16(22)12-4-2-3-5-14(12)18/h2-8H,9H2,1H3,(H,19,21)(H,20,22). The van der Waals surface area contributed by atoms with Crippen molar-refractivity contribution in [3.05, 3.63) is 61.6 Å². The lowest BCUT2D eigenvalue weighted by atomic mass is 10.2. The lowest BCUT2D eigenvalue weighted by Gasteiger charge is -2.10. The van der Waals surface area contributed by atoms with Gasteiger partial charge in [0.05, 0.1) is 5.56 Å². The van der Waals surface area contributed by atoms with Crippen LogP contribution in [0, 0.1) is 10.5 Å². The van der Waals surface area contributed by atoms with Gasteiger partial charge in [-0.3, -0.25) is 20.4 Å². The average molecular weight is 489 g/mol. The summed E-state index contributed by atoms with van der Waals surface area (Å²) in [5.74, 6) is -0.225. The number of carbonyl (C=O) groups is 2. The van der Waals surface area contributed by atoms with Gasteiger partial charge in [-0.15, -0.1) is 0 Å². The first-order valence-electron chi connectivity index (χ1n) is 6.70. The lowest BCUT2D eigenvalue weighted by Crippen LogP contribution is -2.44.